The Morgan fingerprint density at radius 2 is 1.38 bits per heavy atom. The molecule has 6 aromatic carbocycles. The number of furan rings is 1. The van der Waals surface area contributed by atoms with Gasteiger partial charge in [0.2, 0.25) is 0 Å². The van der Waals surface area contributed by atoms with E-state index in [4.69, 9.17) is 4.42 Å². The minimum atomic E-state index is 0.639. The molecule has 0 spiro atoms. The van der Waals surface area contributed by atoms with Gasteiger partial charge in [-0.25, -0.2) is 0 Å². The van der Waals surface area contributed by atoms with Crippen LogP contribution in [0.1, 0.15) is 16.7 Å². The molecule has 3 heterocycles. The van der Waals surface area contributed by atoms with E-state index < -0.39 is 0 Å². The molecule has 9 rings (SSSR count). The molecule has 0 unspecified atom stereocenters. The summed E-state index contributed by atoms with van der Waals surface area (Å²) in [6.45, 7) is 0. The van der Waals surface area contributed by atoms with Crippen LogP contribution in [0, 0.1) is 11.3 Å². The monoisotopic (exact) mass is 554 g/mol. The highest BCUT2D eigenvalue weighted by Gasteiger charge is 2.19. The molecule has 0 bridgehead atoms. The minimum absolute atomic E-state index is 0.639. The number of para-hydroxylation sites is 2. The first-order chi connectivity index (χ1) is 20.8. The normalized spacial score (nSPS) is 11.9. The fourth-order valence-corrected chi connectivity index (χ4v) is 7.82. The van der Waals surface area contributed by atoms with Crippen molar-refractivity contribution in [3.05, 3.63) is 138 Å². The average molecular weight is 555 g/mol. The molecule has 0 saturated carbocycles. The van der Waals surface area contributed by atoms with E-state index in [1.54, 1.807) is 6.07 Å². The lowest BCUT2D eigenvalue weighted by atomic mass is 10.0. The molecule has 9 aromatic rings. The highest BCUT2D eigenvalue weighted by Crippen LogP contribution is 2.43. The number of hydrogen-bond donors (Lipinski definition) is 0. The summed E-state index contributed by atoms with van der Waals surface area (Å²) < 4.78 is 11.2. The smallest absolute Gasteiger partial charge is 0.135 e. The number of aromatic nitrogens is 1. The fourth-order valence-electron chi connectivity index (χ4n) is 6.58. The maximum absolute atomic E-state index is 9.45. The van der Waals surface area contributed by atoms with E-state index in [9.17, 15) is 5.26 Å². The Balaban J connectivity index is 1.28. The van der Waals surface area contributed by atoms with Crippen LogP contribution in [-0.2, 0) is 6.42 Å². The van der Waals surface area contributed by atoms with E-state index >= 15 is 0 Å². The Labute approximate surface area is 245 Å². The highest BCUT2D eigenvalue weighted by molar-refractivity contribution is 7.26. The van der Waals surface area contributed by atoms with Crippen LogP contribution in [0.25, 0.3) is 69.6 Å². The molecule has 0 fully saturated rings. The molecule has 0 aliphatic carbocycles. The van der Waals surface area contributed by atoms with Crippen LogP contribution in [0.3, 0.4) is 0 Å². The number of nitrogens with zero attached hydrogens (tertiary/aromatic N) is 2. The van der Waals surface area contributed by atoms with Crippen molar-refractivity contribution >= 4 is 75.3 Å². The molecule has 3 nitrogen and oxygen atoms in total. The van der Waals surface area contributed by atoms with Crippen LogP contribution in [0.15, 0.2) is 126 Å². The molecule has 0 aliphatic rings. The summed E-state index contributed by atoms with van der Waals surface area (Å²) in [7, 11) is 0. The first-order valence-corrected chi connectivity index (χ1v) is 14.9. The van der Waals surface area contributed by atoms with Gasteiger partial charge in [-0.3, -0.25) is 0 Å². The Morgan fingerprint density at radius 1 is 0.643 bits per heavy atom. The third-order valence-corrected chi connectivity index (χ3v) is 9.66. The predicted octanol–water partition coefficient (Wildman–Crippen LogP) is 10.5. The van der Waals surface area contributed by atoms with Gasteiger partial charge in [0.1, 0.15) is 11.2 Å². The third kappa shape index (κ3) is 3.32. The summed E-state index contributed by atoms with van der Waals surface area (Å²) >= 11 is 1.88. The number of nitriles is 1. The second-order valence-corrected chi connectivity index (χ2v) is 11.9. The zero-order valence-corrected chi connectivity index (χ0v) is 23.3. The van der Waals surface area contributed by atoms with Crippen LogP contribution in [-0.4, -0.2) is 4.57 Å². The van der Waals surface area contributed by atoms with Crippen molar-refractivity contribution in [1.82, 2.24) is 4.57 Å². The molecular weight excluding hydrogens is 532 g/mol. The minimum Gasteiger partial charge on any atom is -0.456 e. The van der Waals surface area contributed by atoms with Crippen LogP contribution in [0.4, 0.5) is 0 Å². The summed E-state index contributed by atoms with van der Waals surface area (Å²) in [5.41, 5.74) is 8.41. The molecule has 0 saturated heterocycles. The second kappa shape index (κ2) is 8.81. The predicted molar refractivity (Wildman–Crippen MR) is 175 cm³/mol. The molecule has 0 atom stereocenters. The third-order valence-electron chi connectivity index (χ3n) is 8.47. The van der Waals surface area contributed by atoms with Gasteiger partial charge in [-0.05, 0) is 66.1 Å². The summed E-state index contributed by atoms with van der Waals surface area (Å²) in [6, 6.07) is 45.1. The molecular formula is C38H22N2OS. The zero-order valence-electron chi connectivity index (χ0n) is 22.5. The molecule has 0 aliphatic heterocycles. The number of thiophene rings is 1. The van der Waals surface area contributed by atoms with Crippen molar-refractivity contribution < 1.29 is 4.42 Å². The van der Waals surface area contributed by atoms with Gasteiger partial charge in [-0.1, -0.05) is 72.8 Å². The van der Waals surface area contributed by atoms with Crippen molar-refractivity contribution in [3.8, 4) is 11.8 Å². The number of hydrogen-bond acceptors (Lipinski definition) is 3. The van der Waals surface area contributed by atoms with Crippen LogP contribution >= 0.6 is 11.3 Å². The summed E-state index contributed by atoms with van der Waals surface area (Å²) in [5.74, 6) is 0. The van der Waals surface area contributed by atoms with Gasteiger partial charge in [0.15, 0.2) is 0 Å². The van der Waals surface area contributed by atoms with Gasteiger partial charge in [0.25, 0.3) is 0 Å². The van der Waals surface area contributed by atoms with Crippen molar-refractivity contribution in [2.45, 2.75) is 6.42 Å². The molecule has 196 valence electrons. The summed E-state index contributed by atoms with van der Waals surface area (Å²) in [6.07, 6.45) is 0.771. The Kier molecular flexibility index (Phi) is 4.90. The maximum atomic E-state index is 9.45. The Bertz CT molecular complexity index is 2570. The molecule has 42 heavy (non-hydrogen) atoms. The Morgan fingerprint density at radius 3 is 2.29 bits per heavy atom. The number of benzene rings is 6. The zero-order chi connectivity index (χ0) is 27.8. The molecule has 3 aromatic heterocycles. The van der Waals surface area contributed by atoms with Gasteiger partial charge in [-0.15, -0.1) is 11.3 Å². The Hall–Kier alpha value is -5.37. The van der Waals surface area contributed by atoms with E-state index in [0.29, 0.717) is 5.56 Å². The first kappa shape index (κ1) is 23.3. The standard InChI is InChI=1S/C38H22N2OS/c39-22-24-14-18-35-31(21-24)30-20-23(13-17-34(30)41-35)19-25-7-1-4-10-32(25)40-33-11-5-2-8-26(33)28-15-16-29-27-9-3-6-12-36(27)42-38(29)37(28)40/h1-18,20-21H,19H2. The van der Waals surface area contributed by atoms with E-state index in [1.165, 1.54) is 58.8 Å². The topological polar surface area (TPSA) is 41.9 Å². The van der Waals surface area contributed by atoms with Crippen molar-refractivity contribution in [2.75, 3.05) is 0 Å². The highest BCUT2D eigenvalue weighted by atomic mass is 32.1. The lowest BCUT2D eigenvalue weighted by molar-refractivity contribution is 0.669. The lowest BCUT2D eigenvalue weighted by Gasteiger charge is -2.14. The fraction of sp³-hybridized carbons (Fsp3) is 0.0263. The maximum Gasteiger partial charge on any atom is 0.135 e. The van der Waals surface area contributed by atoms with Crippen LogP contribution in [0.5, 0.6) is 0 Å². The number of rotatable bonds is 3. The lowest BCUT2D eigenvalue weighted by Crippen LogP contribution is -2.00. The van der Waals surface area contributed by atoms with E-state index in [1.807, 2.05) is 23.5 Å². The quantitative estimate of drug-likeness (QED) is 0.218. The van der Waals surface area contributed by atoms with Crippen LogP contribution < -0.4 is 0 Å². The first-order valence-electron chi connectivity index (χ1n) is 14.0. The van der Waals surface area contributed by atoms with Crippen molar-refractivity contribution in [3.63, 3.8) is 0 Å². The SMILES string of the molecule is N#Cc1ccc2oc3ccc(Cc4ccccc4-n4c5ccccc5c5ccc6c7ccccc7sc6c54)cc3c2c1. The van der Waals surface area contributed by atoms with Crippen LogP contribution in [0.2, 0.25) is 0 Å². The van der Waals surface area contributed by atoms with Gasteiger partial charge < -0.3 is 8.98 Å². The van der Waals surface area contributed by atoms with E-state index in [-0.39, 0.29) is 0 Å². The van der Waals surface area contributed by atoms with Crippen molar-refractivity contribution in [1.29, 1.82) is 5.26 Å². The second-order valence-electron chi connectivity index (χ2n) is 10.9. The summed E-state index contributed by atoms with van der Waals surface area (Å²) in [5, 5.41) is 16.6. The van der Waals surface area contributed by atoms with Gasteiger partial charge >= 0.3 is 0 Å². The largest absolute Gasteiger partial charge is 0.456 e. The molecule has 4 heteroatoms. The van der Waals surface area contributed by atoms with Crippen molar-refractivity contribution in [2.24, 2.45) is 0 Å². The number of fused-ring (bicyclic) bond motifs is 10. The van der Waals surface area contributed by atoms with Gasteiger partial charge in [0, 0.05) is 42.7 Å². The van der Waals surface area contributed by atoms with E-state index in [2.05, 4.69) is 114 Å². The molecule has 0 amide bonds. The van der Waals surface area contributed by atoms with E-state index in [0.717, 1.165) is 28.4 Å². The molecule has 0 radical (unpaired) electrons. The van der Waals surface area contributed by atoms with Gasteiger partial charge in [0.05, 0.1) is 27.4 Å². The molecule has 0 N–H and O–H groups in total. The average Bonchev–Trinajstić information content (AvgIpc) is 3.70. The summed E-state index contributed by atoms with van der Waals surface area (Å²) in [4.78, 5) is 0. The van der Waals surface area contributed by atoms with Gasteiger partial charge in [-0.2, -0.15) is 5.26 Å².